The van der Waals surface area contributed by atoms with Crippen LogP contribution in [-0.2, 0) is 4.74 Å². The molecule has 4 nitrogen and oxygen atoms in total. The van der Waals surface area contributed by atoms with Gasteiger partial charge in [0.2, 0.25) is 0 Å². The van der Waals surface area contributed by atoms with Crippen molar-refractivity contribution >= 4 is 23.4 Å². The highest BCUT2D eigenvalue weighted by Gasteiger charge is 2.36. The zero-order chi connectivity index (χ0) is 14.1. The van der Waals surface area contributed by atoms with Crippen molar-refractivity contribution in [3.05, 3.63) is 29.0 Å². The Balaban J connectivity index is 1.58. The van der Waals surface area contributed by atoms with E-state index in [0.717, 1.165) is 32.5 Å². The van der Waals surface area contributed by atoms with Gasteiger partial charge >= 0.3 is 6.09 Å². The van der Waals surface area contributed by atoms with Crippen molar-refractivity contribution < 1.29 is 13.9 Å². The van der Waals surface area contributed by atoms with Crippen LogP contribution in [0.1, 0.15) is 12.8 Å². The molecule has 2 bridgehead atoms. The molecule has 0 saturated carbocycles. The highest BCUT2D eigenvalue weighted by atomic mass is 35.5. The number of amides is 1. The predicted octanol–water partition coefficient (Wildman–Crippen LogP) is 3.12. The minimum absolute atomic E-state index is 0.0226. The highest BCUT2D eigenvalue weighted by Crippen LogP contribution is 2.29. The van der Waals surface area contributed by atoms with Crippen LogP contribution in [0.2, 0.25) is 5.02 Å². The molecule has 3 heterocycles. The molecule has 1 unspecified atom stereocenters. The fourth-order valence-electron chi connectivity index (χ4n) is 2.90. The molecular formula is C14H16ClFN2O2. The minimum atomic E-state index is -0.511. The summed E-state index contributed by atoms with van der Waals surface area (Å²) in [4.78, 5) is 14.2. The van der Waals surface area contributed by atoms with Crippen LogP contribution < -0.4 is 5.32 Å². The normalized spacial score (nSPS) is 28.2. The zero-order valence-electron chi connectivity index (χ0n) is 10.9. The Morgan fingerprint density at radius 3 is 2.75 bits per heavy atom. The topological polar surface area (TPSA) is 41.6 Å². The van der Waals surface area contributed by atoms with Crippen molar-refractivity contribution in [3.63, 3.8) is 0 Å². The summed E-state index contributed by atoms with van der Waals surface area (Å²) >= 11 is 5.67. The van der Waals surface area contributed by atoms with Crippen molar-refractivity contribution in [3.8, 4) is 0 Å². The average molecular weight is 299 g/mol. The Bertz CT molecular complexity index is 518. The first-order chi connectivity index (χ1) is 9.61. The second-order valence-electron chi connectivity index (χ2n) is 5.34. The first kappa shape index (κ1) is 13.6. The van der Waals surface area contributed by atoms with Crippen LogP contribution in [0.4, 0.5) is 14.9 Å². The summed E-state index contributed by atoms with van der Waals surface area (Å²) < 4.78 is 18.5. The van der Waals surface area contributed by atoms with Gasteiger partial charge in [0.1, 0.15) is 11.9 Å². The van der Waals surface area contributed by atoms with Gasteiger partial charge in [-0.1, -0.05) is 11.6 Å². The van der Waals surface area contributed by atoms with Crippen molar-refractivity contribution in [1.82, 2.24) is 4.90 Å². The molecule has 20 heavy (non-hydrogen) atoms. The molecule has 0 aliphatic carbocycles. The van der Waals surface area contributed by atoms with E-state index >= 15 is 0 Å². The van der Waals surface area contributed by atoms with E-state index in [9.17, 15) is 9.18 Å². The molecule has 108 valence electrons. The van der Waals surface area contributed by atoms with E-state index < -0.39 is 11.9 Å². The molecular weight excluding hydrogens is 283 g/mol. The Hall–Kier alpha value is -1.33. The van der Waals surface area contributed by atoms with Gasteiger partial charge in [-0.25, -0.2) is 9.18 Å². The van der Waals surface area contributed by atoms with Crippen LogP contribution >= 0.6 is 11.6 Å². The molecule has 0 aromatic heterocycles. The summed E-state index contributed by atoms with van der Waals surface area (Å²) in [6.07, 6.45) is 1.61. The molecule has 1 atom stereocenters. The van der Waals surface area contributed by atoms with E-state index in [1.807, 2.05) is 0 Å². The SMILES string of the molecule is O=C(Nc1ccc(F)c(Cl)c1)OC1CN2CCC1CC2. The number of benzene rings is 1. The Labute approximate surface area is 121 Å². The van der Waals surface area contributed by atoms with Gasteiger partial charge in [-0.2, -0.15) is 0 Å². The Morgan fingerprint density at radius 1 is 1.40 bits per heavy atom. The lowest BCUT2D eigenvalue weighted by Gasteiger charge is -2.43. The Morgan fingerprint density at radius 2 is 2.15 bits per heavy atom. The number of hydrogen-bond acceptors (Lipinski definition) is 3. The number of carbonyl (C=O) groups excluding carboxylic acids is 1. The number of nitrogens with zero attached hydrogens (tertiary/aromatic N) is 1. The van der Waals surface area contributed by atoms with Crippen LogP contribution in [0.25, 0.3) is 0 Å². The maximum Gasteiger partial charge on any atom is 0.411 e. The molecule has 0 radical (unpaired) electrons. The number of hydrogen-bond donors (Lipinski definition) is 1. The molecule has 1 N–H and O–H groups in total. The lowest BCUT2D eigenvalue weighted by Crippen LogP contribution is -2.52. The van der Waals surface area contributed by atoms with Crippen LogP contribution in [0.5, 0.6) is 0 Å². The van der Waals surface area contributed by atoms with Crippen molar-refractivity contribution in [1.29, 1.82) is 0 Å². The molecule has 4 rings (SSSR count). The lowest BCUT2D eigenvalue weighted by atomic mass is 9.86. The standard InChI is InChI=1S/C14H16ClFN2O2/c15-11-7-10(1-2-12(11)16)17-14(19)20-13-8-18-5-3-9(13)4-6-18/h1-2,7,9,13H,3-6,8H2,(H,17,19). The van der Waals surface area contributed by atoms with Gasteiger partial charge in [-0.05, 0) is 50.0 Å². The number of anilines is 1. The maximum atomic E-state index is 13.0. The van der Waals surface area contributed by atoms with Gasteiger partial charge in [0.25, 0.3) is 0 Å². The van der Waals surface area contributed by atoms with Gasteiger partial charge in [0, 0.05) is 12.2 Å². The van der Waals surface area contributed by atoms with Crippen LogP contribution in [0.15, 0.2) is 18.2 Å². The number of halogens is 2. The molecule has 3 aliphatic rings. The third-order valence-corrected chi connectivity index (χ3v) is 4.31. The number of fused-ring (bicyclic) bond motifs is 3. The first-order valence-corrected chi connectivity index (χ1v) is 7.14. The maximum absolute atomic E-state index is 13.0. The number of ether oxygens (including phenoxy) is 1. The summed E-state index contributed by atoms with van der Waals surface area (Å²) in [7, 11) is 0. The van der Waals surface area contributed by atoms with Gasteiger partial charge in [0.05, 0.1) is 5.02 Å². The second kappa shape index (κ2) is 5.58. The molecule has 1 aromatic carbocycles. The van der Waals surface area contributed by atoms with E-state index in [2.05, 4.69) is 10.2 Å². The predicted molar refractivity (Wildman–Crippen MR) is 74.5 cm³/mol. The highest BCUT2D eigenvalue weighted by molar-refractivity contribution is 6.31. The number of piperidine rings is 3. The zero-order valence-corrected chi connectivity index (χ0v) is 11.7. The van der Waals surface area contributed by atoms with Gasteiger partial charge in [-0.15, -0.1) is 0 Å². The monoisotopic (exact) mass is 298 g/mol. The van der Waals surface area contributed by atoms with E-state index in [4.69, 9.17) is 16.3 Å². The summed E-state index contributed by atoms with van der Waals surface area (Å²) in [5.41, 5.74) is 0.433. The Kier molecular flexibility index (Phi) is 3.81. The quantitative estimate of drug-likeness (QED) is 0.912. The molecule has 0 spiro atoms. The first-order valence-electron chi connectivity index (χ1n) is 6.77. The van der Waals surface area contributed by atoms with E-state index in [-0.39, 0.29) is 11.1 Å². The van der Waals surface area contributed by atoms with Gasteiger partial charge in [0.15, 0.2) is 0 Å². The van der Waals surface area contributed by atoms with Gasteiger partial charge in [-0.3, -0.25) is 10.2 Å². The van der Waals surface area contributed by atoms with Crippen molar-refractivity contribution in [2.24, 2.45) is 5.92 Å². The van der Waals surface area contributed by atoms with E-state index in [0.29, 0.717) is 11.6 Å². The molecule has 3 saturated heterocycles. The molecule has 1 aromatic rings. The number of nitrogens with one attached hydrogen (secondary N) is 1. The summed E-state index contributed by atoms with van der Waals surface area (Å²) in [6.45, 7) is 3.00. The number of rotatable bonds is 2. The summed E-state index contributed by atoms with van der Waals surface area (Å²) in [5, 5.41) is 2.56. The number of carbonyl (C=O) groups is 1. The van der Waals surface area contributed by atoms with Crippen LogP contribution in [-0.4, -0.2) is 36.7 Å². The second-order valence-corrected chi connectivity index (χ2v) is 5.74. The average Bonchev–Trinajstić information content (AvgIpc) is 2.44. The lowest BCUT2D eigenvalue weighted by molar-refractivity contribution is -0.0289. The van der Waals surface area contributed by atoms with Crippen molar-refractivity contribution in [2.75, 3.05) is 25.0 Å². The molecule has 3 fully saturated rings. The third kappa shape index (κ3) is 2.88. The summed E-state index contributed by atoms with van der Waals surface area (Å²) in [6, 6.07) is 4.04. The van der Waals surface area contributed by atoms with E-state index in [1.54, 1.807) is 0 Å². The van der Waals surface area contributed by atoms with Crippen LogP contribution in [0.3, 0.4) is 0 Å². The van der Waals surface area contributed by atoms with E-state index in [1.165, 1.54) is 18.2 Å². The van der Waals surface area contributed by atoms with Crippen molar-refractivity contribution in [2.45, 2.75) is 18.9 Å². The molecule has 6 heteroatoms. The molecule has 3 aliphatic heterocycles. The fourth-order valence-corrected chi connectivity index (χ4v) is 3.08. The molecule has 1 amide bonds. The van der Waals surface area contributed by atoms with Gasteiger partial charge < -0.3 is 4.74 Å². The summed E-state index contributed by atoms with van der Waals surface area (Å²) in [5.74, 6) is -0.0504. The third-order valence-electron chi connectivity index (χ3n) is 4.02. The largest absolute Gasteiger partial charge is 0.444 e. The smallest absolute Gasteiger partial charge is 0.411 e. The van der Waals surface area contributed by atoms with Crippen LogP contribution in [0, 0.1) is 11.7 Å². The fraction of sp³-hybridized carbons (Fsp3) is 0.500. The minimum Gasteiger partial charge on any atom is -0.444 e.